The average Bonchev–Trinajstić information content (AvgIpc) is 2.82. The lowest BCUT2D eigenvalue weighted by Crippen LogP contribution is -2.57. The van der Waals surface area contributed by atoms with Crippen LogP contribution >= 0.6 is 0 Å². The van der Waals surface area contributed by atoms with E-state index >= 15 is 0 Å². The molecule has 138 valence electrons. The predicted molar refractivity (Wildman–Crippen MR) is 94.6 cm³/mol. The van der Waals surface area contributed by atoms with E-state index in [9.17, 15) is 14.7 Å². The van der Waals surface area contributed by atoms with Crippen LogP contribution in [0.5, 0.6) is 0 Å². The molecule has 25 heavy (non-hydrogen) atoms. The Balaban J connectivity index is 1.66. The highest BCUT2D eigenvalue weighted by atomic mass is 16.3. The molecule has 4 aliphatic carbocycles. The summed E-state index contributed by atoms with van der Waals surface area (Å²) in [6.45, 7) is 4.38. The number of hydrogen-bond acceptors (Lipinski definition) is 3. The largest absolute Gasteiger partial charge is 0.393 e. The summed E-state index contributed by atoms with van der Waals surface area (Å²) in [6, 6.07) is -0.465. The summed E-state index contributed by atoms with van der Waals surface area (Å²) in [5.74, 6) is 1.44. The number of urea groups is 1. The normalized spacial score (nSPS) is 48.8. The van der Waals surface area contributed by atoms with Gasteiger partial charge in [-0.3, -0.25) is 4.79 Å². The standard InChI is InChI=1S/C20H30N2O3/c1-19-8-7-12(22-18(21)25)9-11(19)3-4-13-14-5-6-16(24)20(14,2)10-15(23)17(13)19/h9,12-15,17,23H,3-8,10H2,1-2H3,(H3,21,22,25). The van der Waals surface area contributed by atoms with Gasteiger partial charge < -0.3 is 16.2 Å². The molecule has 2 amide bonds. The van der Waals surface area contributed by atoms with Gasteiger partial charge in [0.1, 0.15) is 5.78 Å². The second kappa shape index (κ2) is 5.57. The Kier molecular flexibility index (Phi) is 3.80. The SMILES string of the molecule is CC12CC(O)C3C(CCC4=CC(NC(N)=O)CCC43C)C1CCC2=O. The fourth-order valence-corrected chi connectivity index (χ4v) is 6.92. The van der Waals surface area contributed by atoms with Crippen LogP contribution in [-0.2, 0) is 4.79 Å². The molecular formula is C20H30N2O3. The molecule has 0 spiro atoms. The van der Waals surface area contributed by atoms with Crippen LogP contribution in [0.4, 0.5) is 4.79 Å². The minimum absolute atomic E-state index is 0.0104. The molecular weight excluding hydrogens is 316 g/mol. The highest BCUT2D eigenvalue weighted by Gasteiger charge is 2.61. The molecule has 0 aromatic rings. The number of hydrogen-bond donors (Lipinski definition) is 3. The summed E-state index contributed by atoms with van der Waals surface area (Å²) < 4.78 is 0. The minimum atomic E-state index is -0.475. The van der Waals surface area contributed by atoms with Crippen LogP contribution in [0.2, 0.25) is 0 Å². The highest BCUT2D eigenvalue weighted by molar-refractivity contribution is 5.87. The Morgan fingerprint density at radius 3 is 2.72 bits per heavy atom. The van der Waals surface area contributed by atoms with Gasteiger partial charge in [-0.2, -0.15) is 0 Å². The van der Waals surface area contributed by atoms with E-state index in [-0.39, 0.29) is 22.8 Å². The molecule has 3 fully saturated rings. The first-order chi connectivity index (χ1) is 11.8. The second-order valence-corrected chi connectivity index (χ2v) is 9.25. The minimum Gasteiger partial charge on any atom is -0.393 e. The average molecular weight is 346 g/mol. The molecule has 4 N–H and O–H groups in total. The molecule has 5 heteroatoms. The van der Waals surface area contributed by atoms with Crippen molar-refractivity contribution in [1.82, 2.24) is 5.32 Å². The van der Waals surface area contributed by atoms with Crippen molar-refractivity contribution in [3.05, 3.63) is 11.6 Å². The van der Waals surface area contributed by atoms with Crippen LogP contribution in [0.3, 0.4) is 0 Å². The number of ketones is 1. The number of aliphatic hydroxyl groups is 1. The maximum Gasteiger partial charge on any atom is 0.312 e. The summed E-state index contributed by atoms with van der Waals surface area (Å²) >= 11 is 0. The molecule has 0 saturated heterocycles. The number of amides is 2. The van der Waals surface area contributed by atoms with Gasteiger partial charge in [0.2, 0.25) is 0 Å². The van der Waals surface area contributed by atoms with Crippen molar-refractivity contribution >= 4 is 11.8 Å². The van der Waals surface area contributed by atoms with Crippen LogP contribution in [-0.4, -0.2) is 29.1 Å². The van der Waals surface area contributed by atoms with Gasteiger partial charge in [0.05, 0.1) is 6.10 Å². The van der Waals surface area contributed by atoms with Crippen molar-refractivity contribution in [1.29, 1.82) is 0 Å². The van der Waals surface area contributed by atoms with Crippen LogP contribution < -0.4 is 11.1 Å². The Hall–Kier alpha value is -1.36. The molecule has 4 rings (SSSR count). The number of rotatable bonds is 1. The van der Waals surface area contributed by atoms with Gasteiger partial charge in [-0.25, -0.2) is 4.79 Å². The Bertz CT molecular complexity index is 645. The number of carbonyl (C=O) groups is 2. The monoisotopic (exact) mass is 346 g/mol. The van der Waals surface area contributed by atoms with E-state index in [1.54, 1.807) is 0 Å². The molecule has 4 aliphatic rings. The first-order valence-electron chi connectivity index (χ1n) is 9.74. The first-order valence-corrected chi connectivity index (χ1v) is 9.74. The predicted octanol–water partition coefficient (Wildman–Crippen LogP) is 2.53. The van der Waals surface area contributed by atoms with Crippen molar-refractivity contribution in [3.63, 3.8) is 0 Å². The topological polar surface area (TPSA) is 92.4 Å². The molecule has 3 saturated carbocycles. The third kappa shape index (κ3) is 2.38. The summed E-state index contributed by atoms with van der Waals surface area (Å²) in [5, 5.41) is 13.9. The second-order valence-electron chi connectivity index (χ2n) is 9.25. The van der Waals surface area contributed by atoms with Crippen molar-refractivity contribution in [3.8, 4) is 0 Å². The van der Waals surface area contributed by atoms with Crippen molar-refractivity contribution < 1.29 is 14.7 Å². The van der Waals surface area contributed by atoms with Crippen molar-refractivity contribution in [2.24, 2.45) is 34.3 Å². The molecule has 0 radical (unpaired) electrons. The third-order valence-electron chi connectivity index (χ3n) is 8.08. The van der Waals surface area contributed by atoms with Gasteiger partial charge in [-0.1, -0.05) is 25.5 Å². The molecule has 0 aromatic carbocycles. The summed E-state index contributed by atoms with van der Waals surface area (Å²) in [5.41, 5.74) is 6.31. The number of allylic oxidation sites excluding steroid dienone is 1. The van der Waals surface area contributed by atoms with Gasteiger partial charge >= 0.3 is 6.03 Å². The van der Waals surface area contributed by atoms with Crippen LogP contribution in [0, 0.1) is 28.6 Å². The van der Waals surface area contributed by atoms with Gasteiger partial charge in [0.25, 0.3) is 0 Å². The first kappa shape index (κ1) is 17.1. The molecule has 0 aromatic heterocycles. The number of carbonyl (C=O) groups excluding carboxylic acids is 2. The Morgan fingerprint density at radius 2 is 2.00 bits per heavy atom. The summed E-state index contributed by atoms with van der Waals surface area (Å²) in [6.07, 6.45) is 7.92. The molecule has 5 nitrogen and oxygen atoms in total. The lowest BCUT2D eigenvalue weighted by atomic mass is 9.46. The maximum absolute atomic E-state index is 12.5. The lowest BCUT2D eigenvalue weighted by Gasteiger charge is -2.59. The van der Waals surface area contributed by atoms with Crippen molar-refractivity contribution in [2.75, 3.05) is 0 Å². The van der Waals surface area contributed by atoms with Crippen molar-refractivity contribution in [2.45, 2.75) is 70.9 Å². The van der Waals surface area contributed by atoms with Gasteiger partial charge in [-0.15, -0.1) is 0 Å². The van der Waals surface area contributed by atoms with Gasteiger partial charge in [0, 0.05) is 17.9 Å². The number of nitrogens with one attached hydrogen (secondary N) is 1. The van der Waals surface area contributed by atoms with E-state index < -0.39 is 12.1 Å². The fourth-order valence-electron chi connectivity index (χ4n) is 6.92. The van der Waals surface area contributed by atoms with E-state index in [2.05, 4.69) is 25.2 Å². The molecule has 0 aliphatic heterocycles. The van der Waals surface area contributed by atoms with E-state index in [1.165, 1.54) is 5.57 Å². The van der Waals surface area contributed by atoms with Crippen LogP contribution in [0.15, 0.2) is 11.6 Å². The molecule has 0 heterocycles. The number of aliphatic hydroxyl groups excluding tert-OH is 1. The smallest absolute Gasteiger partial charge is 0.312 e. The number of fused-ring (bicyclic) bond motifs is 5. The number of nitrogens with two attached hydrogens (primary N) is 1. The molecule has 7 unspecified atom stereocenters. The Labute approximate surface area is 149 Å². The van der Waals surface area contributed by atoms with Crippen LogP contribution in [0.25, 0.3) is 0 Å². The quantitative estimate of drug-likeness (QED) is 0.637. The van der Waals surface area contributed by atoms with E-state index in [0.717, 1.165) is 32.1 Å². The third-order valence-corrected chi connectivity index (χ3v) is 8.08. The zero-order valence-corrected chi connectivity index (χ0v) is 15.3. The summed E-state index contributed by atoms with van der Waals surface area (Å²) in [7, 11) is 0. The van der Waals surface area contributed by atoms with Gasteiger partial charge in [0.15, 0.2) is 0 Å². The van der Waals surface area contributed by atoms with E-state index in [1.807, 2.05) is 0 Å². The fraction of sp³-hybridized carbons (Fsp3) is 0.800. The zero-order valence-electron chi connectivity index (χ0n) is 15.3. The van der Waals surface area contributed by atoms with E-state index in [4.69, 9.17) is 5.73 Å². The molecule has 7 atom stereocenters. The highest BCUT2D eigenvalue weighted by Crippen LogP contribution is 2.64. The summed E-state index contributed by atoms with van der Waals surface area (Å²) in [4.78, 5) is 23.7. The van der Waals surface area contributed by atoms with Crippen LogP contribution in [0.1, 0.15) is 58.8 Å². The molecule has 0 bridgehead atoms. The van der Waals surface area contributed by atoms with Gasteiger partial charge in [-0.05, 0) is 61.7 Å². The number of Topliss-reactive ketones (excluding diaryl/α,β-unsaturated/α-hetero) is 1. The van der Waals surface area contributed by atoms with E-state index in [0.29, 0.717) is 30.5 Å². The maximum atomic E-state index is 12.5. The zero-order chi connectivity index (χ0) is 18.0. The Morgan fingerprint density at radius 1 is 1.24 bits per heavy atom. The number of primary amides is 1. The lowest BCUT2D eigenvalue weighted by molar-refractivity contribution is -0.146.